The Kier molecular flexibility index (Phi) is 6.81. The Morgan fingerprint density at radius 2 is 1.79 bits per heavy atom. The molecule has 172 valence electrons. The summed E-state index contributed by atoms with van der Waals surface area (Å²) in [4.78, 5) is 8.82. The van der Waals surface area contributed by atoms with Crippen molar-refractivity contribution >= 4 is 23.1 Å². The van der Waals surface area contributed by atoms with Crippen molar-refractivity contribution in [3.8, 4) is 5.75 Å². The number of benzene rings is 2. The molecule has 1 aromatic heterocycles. The molecule has 4 nitrogen and oxygen atoms in total. The molecule has 0 unspecified atom stereocenters. The minimum absolute atomic E-state index is 0.590. The van der Waals surface area contributed by atoms with Gasteiger partial charge in [-0.15, -0.1) is 11.3 Å². The highest BCUT2D eigenvalue weighted by molar-refractivity contribution is 7.10. The smallest absolute Gasteiger partial charge is 0.120 e. The number of hydrogen-bond donors (Lipinski definition) is 0. The lowest BCUT2D eigenvalue weighted by molar-refractivity contribution is 0.271. The molecule has 1 saturated heterocycles. The topological polar surface area (TPSA) is 19.0 Å². The van der Waals surface area contributed by atoms with E-state index >= 15 is 0 Å². The predicted octanol–water partition coefficient (Wildman–Crippen LogP) is 3.35. The Hall–Kier alpha value is -2.60. The third-order valence-electron chi connectivity index (χ3n) is 6.48. The Morgan fingerprint density at radius 1 is 0.909 bits per heavy atom. The van der Waals surface area contributed by atoms with E-state index in [1.807, 2.05) is 17.4 Å². The van der Waals surface area contributed by atoms with Gasteiger partial charge in [-0.25, -0.2) is 0 Å². The molecule has 3 aromatic rings. The van der Waals surface area contributed by atoms with Gasteiger partial charge in [0.1, 0.15) is 12.4 Å². The van der Waals surface area contributed by atoms with Crippen LogP contribution in [0.15, 0.2) is 60.7 Å². The zero-order valence-electron chi connectivity index (χ0n) is 19.7. The van der Waals surface area contributed by atoms with Crippen LogP contribution in [-0.4, -0.2) is 61.5 Å². The first kappa shape index (κ1) is 22.2. The van der Waals surface area contributed by atoms with Crippen molar-refractivity contribution in [1.82, 2.24) is 14.7 Å². The molecule has 2 aliphatic rings. The average molecular weight is 460 g/mol. The summed E-state index contributed by atoms with van der Waals surface area (Å²) in [5, 5.41) is 1.35. The van der Waals surface area contributed by atoms with Gasteiger partial charge in [0.25, 0.3) is 0 Å². The Balaban J connectivity index is 1.40. The SMILES string of the molecule is CN1C=c2cc(CN3CCCN(C)CC3)sc2=C(c2cccc(OCc3ccccc3)c2)C1. The fourth-order valence-corrected chi connectivity index (χ4v) is 5.92. The first-order valence-corrected chi connectivity index (χ1v) is 12.7. The number of rotatable bonds is 6. The molecule has 0 N–H and O–H groups in total. The lowest BCUT2D eigenvalue weighted by atomic mass is 10.0. The van der Waals surface area contributed by atoms with E-state index in [1.165, 1.54) is 50.8 Å². The van der Waals surface area contributed by atoms with Gasteiger partial charge < -0.3 is 14.5 Å². The van der Waals surface area contributed by atoms with E-state index in [0.717, 1.165) is 31.9 Å². The summed E-state index contributed by atoms with van der Waals surface area (Å²) in [6, 6.07) is 21.3. The molecule has 5 heteroatoms. The van der Waals surface area contributed by atoms with E-state index < -0.39 is 0 Å². The second-order valence-corrected chi connectivity index (χ2v) is 10.4. The zero-order valence-corrected chi connectivity index (χ0v) is 20.5. The van der Waals surface area contributed by atoms with Crippen LogP contribution in [0.4, 0.5) is 0 Å². The maximum absolute atomic E-state index is 6.12. The van der Waals surface area contributed by atoms with Gasteiger partial charge in [-0.1, -0.05) is 42.5 Å². The van der Waals surface area contributed by atoms with Crippen molar-refractivity contribution in [3.63, 3.8) is 0 Å². The zero-order chi connectivity index (χ0) is 22.6. The first-order chi connectivity index (χ1) is 16.1. The molecule has 0 atom stereocenters. The molecular formula is C28H33N3OS. The van der Waals surface area contributed by atoms with Gasteiger partial charge in [-0.05, 0) is 61.5 Å². The number of likely N-dealkylation sites (N-methyl/N-ethyl adjacent to an activating group) is 2. The van der Waals surface area contributed by atoms with Crippen LogP contribution in [-0.2, 0) is 13.2 Å². The maximum Gasteiger partial charge on any atom is 0.120 e. The Morgan fingerprint density at radius 3 is 2.67 bits per heavy atom. The standard InChI is InChI=1S/C28H33N3OS/c1-29-12-7-13-31(15-14-29)19-26-17-24-18-30(2)20-27(28(24)33-26)23-10-6-11-25(16-23)32-21-22-8-4-3-5-9-22/h3-6,8-11,16-18H,7,12-15,19-21H2,1-2H3. The third-order valence-corrected chi connectivity index (χ3v) is 7.67. The number of fused-ring (bicyclic) bond motifs is 1. The molecule has 2 aliphatic heterocycles. The molecule has 33 heavy (non-hydrogen) atoms. The summed E-state index contributed by atoms with van der Waals surface area (Å²) in [5.41, 5.74) is 3.84. The molecule has 1 fully saturated rings. The van der Waals surface area contributed by atoms with Gasteiger partial charge in [0.15, 0.2) is 0 Å². The van der Waals surface area contributed by atoms with E-state index in [-0.39, 0.29) is 0 Å². The largest absolute Gasteiger partial charge is 0.489 e. The summed E-state index contributed by atoms with van der Waals surface area (Å²) in [6.07, 6.45) is 3.55. The fourth-order valence-electron chi connectivity index (χ4n) is 4.69. The summed E-state index contributed by atoms with van der Waals surface area (Å²) in [6.45, 7) is 7.27. The highest BCUT2D eigenvalue weighted by Crippen LogP contribution is 2.22. The quantitative estimate of drug-likeness (QED) is 0.563. The van der Waals surface area contributed by atoms with Crippen molar-refractivity contribution in [3.05, 3.63) is 86.4 Å². The molecule has 3 heterocycles. The van der Waals surface area contributed by atoms with Gasteiger partial charge >= 0.3 is 0 Å². The lowest BCUT2D eigenvalue weighted by Gasteiger charge is -2.20. The first-order valence-electron chi connectivity index (χ1n) is 11.9. The number of ether oxygens (including phenoxy) is 1. The van der Waals surface area contributed by atoms with Crippen molar-refractivity contribution in [2.75, 3.05) is 46.8 Å². The summed E-state index contributed by atoms with van der Waals surface area (Å²) >= 11 is 1.97. The van der Waals surface area contributed by atoms with Crippen LogP contribution in [0.3, 0.4) is 0 Å². The van der Waals surface area contributed by atoms with Crippen molar-refractivity contribution in [1.29, 1.82) is 0 Å². The Labute approximate surface area is 201 Å². The predicted molar refractivity (Wildman–Crippen MR) is 138 cm³/mol. The molecule has 0 spiro atoms. The summed E-state index contributed by atoms with van der Waals surface area (Å²) in [5.74, 6) is 0.924. The van der Waals surface area contributed by atoms with E-state index in [4.69, 9.17) is 4.74 Å². The molecule has 5 rings (SSSR count). The van der Waals surface area contributed by atoms with E-state index in [9.17, 15) is 0 Å². The van der Waals surface area contributed by atoms with Crippen LogP contribution < -0.4 is 14.5 Å². The molecular weight excluding hydrogens is 426 g/mol. The highest BCUT2D eigenvalue weighted by Gasteiger charge is 2.17. The average Bonchev–Trinajstić information content (AvgIpc) is 3.11. The highest BCUT2D eigenvalue weighted by atomic mass is 32.1. The third kappa shape index (κ3) is 5.49. The van der Waals surface area contributed by atoms with E-state index in [1.54, 1.807) is 0 Å². The minimum Gasteiger partial charge on any atom is -0.489 e. The molecule has 0 aliphatic carbocycles. The van der Waals surface area contributed by atoms with Crippen LogP contribution in [0, 0.1) is 0 Å². The normalized spacial score (nSPS) is 17.4. The number of nitrogens with zero attached hydrogens (tertiary/aromatic N) is 3. The van der Waals surface area contributed by atoms with Gasteiger partial charge in [-0.2, -0.15) is 0 Å². The fraction of sp³-hybridized carbons (Fsp3) is 0.357. The van der Waals surface area contributed by atoms with Crippen LogP contribution >= 0.6 is 11.3 Å². The van der Waals surface area contributed by atoms with Crippen LogP contribution in [0.25, 0.3) is 11.8 Å². The molecule has 0 bridgehead atoms. The molecule has 0 radical (unpaired) electrons. The second-order valence-electron chi connectivity index (χ2n) is 9.26. The number of hydrogen-bond acceptors (Lipinski definition) is 5. The van der Waals surface area contributed by atoms with Crippen LogP contribution in [0.1, 0.15) is 22.4 Å². The van der Waals surface area contributed by atoms with Gasteiger partial charge in [0.2, 0.25) is 0 Å². The van der Waals surface area contributed by atoms with E-state index in [2.05, 4.69) is 89.6 Å². The molecule has 0 saturated carbocycles. The molecule has 2 aromatic carbocycles. The van der Waals surface area contributed by atoms with Gasteiger partial charge in [0.05, 0.1) is 0 Å². The Bertz CT molecular complexity index is 1200. The summed E-state index contributed by atoms with van der Waals surface area (Å²) in [7, 11) is 4.40. The second kappa shape index (κ2) is 10.1. The van der Waals surface area contributed by atoms with Gasteiger partial charge in [-0.3, -0.25) is 4.90 Å². The molecule has 0 amide bonds. The van der Waals surface area contributed by atoms with Gasteiger partial charge in [0, 0.05) is 54.1 Å². The summed E-state index contributed by atoms with van der Waals surface area (Å²) < 4.78 is 7.53. The van der Waals surface area contributed by atoms with Crippen LogP contribution in [0.5, 0.6) is 5.75 Å². The van der Waals surface area contributed by atoms with E-state index in [0.29, 0.717) is 6.61 Å². The minimum atomic E-state index is 0.590. The lowest BCUT2D eigenvalue weighted by Crippen LogP contribution is -2.34. The maximum atomic E-state index is 6.12. The number of thiophene rings is 1. The van der Waals surface area contributed by atoms with Crippen molar-refractivity contribution < 1.29 is 4.74 Å². The monoisotopic (exact) mass is 459 g/mol. The van der Waals surface area contributed by atoms with Crippen molar-refractivity contribution in [2.45, 2.75) is 19.6 Å². The van der Waals surface area contributed by atoms with Crippen LogP contribution in [0.2, 0.25) is 0 Å². The van der Waals surface area contributed by atoms with Crippen molar-refractivity contribution in [2.24, 2.45) is 0 Å².